The number of rotatable bonds is 4. The number of methoxy groups -OCH3 is 1. The highest BCUT2D eigenvalue weighted by atomic mass is 35.5. The zero-order chi connectivity index (χ0) is 14.7. The molecule has 0 spiro atoms. The van der Waals surface area contributed by atoms with Crippen molar-refractivity contribution in [3.8, 4) is 5.75 Å². The summed E-state index contributed by atoms with van der Waals surface area (Å²) >= 11 is 6.13. The van der Waals surface area contributed by atoms with Gasteiger partial charge in [0, 0.05) is 5.69 Å². The van der Waals surface area contributed by atoms with E-state index in [1.807, 2.05) is 37.3 Å². The van der Waals surface area contributed by atoms with Crippen LogP contribution in [0.4, 0.5) is 11.4 Å². The summed E-state index contributed by atoms with van der Waals surface area (Å²) in [5, 5.41) is 3.88. The topological polar surface area (TPSA) is 38.3 Å². The van der Waals surface area contributed by atoms with Crippen LogP contribution in [-0.4, -0.2) is 12.9 Å². The average Bonchev–Trinajstić information content (AvgIpc) is 2.42. The van der Waals surface area contributed by atoms with Gasteiger partial charge in [-0.25, -0.2) is 0 Å². The molecule has 0 aromatic heterocycles. The van der Waals surface area contributed by atoms with E-state index in [1.54, 1.807) is 13.2 Å². The Hall–Kier alpha value is -2.00. The molecule has 0 amide bonds. The standard InChI is InChI=1S/C16H16ClNO2/c1-10-13(18-14-7-5-4-6-12(14)17)8-9-15(20-3)16(10)11(2)19/h4-9,18H,1-3H3. The predicted molar refractivity (Wildman–Crippen MR) is 82.5 cm³/mol. The van der Waals surface area contributed by atoms with Crippen molar-refractivity contribution in [2.24, 2.45) is 0 Å². The van der Waals surface area contributed by atoms with E-state index in [-0.39, 0.29) is 5.78 Å². The van der Waals surface area contributed by atoms with E-state index in [0.29, 0.717) is 16.3 Å². The molecule has 4 heteroatoms. The van der Waals surface area contributed by atoms with E-state index >= 15 is 0 Å². The number of benzene rings is 2. The third kappa shape index (κ3) is 2.78. The molecule has 0 saturated carbocycles. The van der Waals surface area contributed by atoms with Crippen molar-refractivity contribution in [1.29, 1.82) is 0 Å². The Balaban J connectivity index is 2.46. The minimum Gasteiger partial charge on any atom is -0.496 e. The maximum Gasteiger partial charge on any atom is 0.163 e. The summed E-state index contributed by atoms with van der Waals surface area (Å²) in [6.45, 7) is 3.42. The van der Waals surface area contributed by atoms with Crippen molar-refractivity contribution >= 4 is 28.8 Å². The molecule has 2 aromatic carbocycles. The van der Waals surface area contributed by atoms with Crippen molar-refractivity contribution in [3.05, 3.63) is 52.5 Å². The molecule has 0 atom stereocenters. The first-order chi connectivity index (χ1) is 9.54. The molecule has 3 nitrogen and oxygen atoms in total. The number of nitrogens with one attached hydrogen (secondary N) is 1. The normalized spacial score (nSPS) is 10.2. The summed E-state index contributed by atoms with van der Waals surface area (Å²) in [5.74, 6) is 0.557. The molecule has 0 aliphatic heterocycles. The van der Waals surface area contributed by atoms with Crippen LogP contribution < -0.4 is 10.1 Å². The van der Waals surface area contributed by atoms with Gasteiger partial charge in [0.15, 0.2) is 5.78 Å². The highest BCUT2D eigenvalue weighted by Crippen LogP contribution is 2.32. The number of ether oxygens (including phenoxy) is 1. The number of Topliss-reactive ketones (excluding diaryl/α,β-unsaturated/α-hetero) is 1. The molecule has 0 heterocycles. The van der Waals surface area contributed by atoms with E-state index in [2.05, 4.69) is 5.32 Å². The Morgan fingerprint density at radius 1 is 1.15 bits per heavy atom. The van der Waals surface area contributed by atoms with Gasteiger partial charge in [0.1, 0.15) is 5.75 Å². The molecular formula is C16H16ClNO2. The highest BCUT2D eigenvalue weighted by molar-refractivity contribution is 6.33. The first-order valence-electron chi connectivity index (χ1n) is 6.24. The quantitative estimate of drug-likeness (QED) is 0.836. The lowest BCUT2D eigenvalue weighted by Gasteiger charge is -2.15. The van der Waals surface area contributed by atoms with Gasteiger partial charge in [-0.05, 0) is 43.7 Å². The molecule has 0 unspecified atom stereocenters. The number of halogens is 1. The molecule has 0 bridgehead atoms. The molecule has 0 aliphatic carbocycles. The molecule has 0 fully saturated rings. The van der Waals surface area contributed by atoms with Gasteiger partial charge in [-0.1, -0.05) is 23.7 Å². The van der Waals surface area contributed by atoms with E-state index in [4.69, 9.17) is 16.3 Å². The summed E-state index contributed by atoms with van der Waals surface area (Å²) in [6, 6.07) is 11.1. The van der Waals surface area contributed by atoms with Crippen LogP contribution in [0.2, 0.25) is 5.02 Å². The van der Waals surface area contributed by atoms with Crippen LogP contribution in [0.25, 0.3) is 0 Å². The summed E-state index contributed by atoms with van der Waals surface area (Å²) in [6.07, 6.45) is 0. The van der Waals surface area contributed by atoms with Crippen molar-refractivity contribution in [2.45, 2.75) is 13.8 Å². The lowest BCUT2D eigenvalue weighted by Crippen LogP contribution is -2.04. The fourth-order valence-corrected chi connectivity index (χ4v) is 2.32. The smallest absolute Gasteiger partial charge is 0.163 e. The van der Waals surface area contributed by atoms with Gasteiger partial charge in [-0.3, -0.25) is 4.79 Å². The lowest BCUT2D eigenvalue weighted by atomic mass is 10.0. The fraction of sp³-hybridized carbons (Fsp3) is 0.188. The minimum absolute atomic E-state index is 0.0258. The van der Waals surface area contributed by atoms with E-state index in [9.17, 15) is 4.79 Å². The van der Waals surface area contributed by atoms with Crippen LogP contribution in [0.5, 0.6) is 5.75 Å². The highest BCUT2D eigenvalue weighted by Gasteiger charge is 2.15. The van der Waals surface area contributed by atoms with Crippen LogP contribution in [0, 0.1) is 6.92 Å². The molecule has 0 aliphatic rings. The maximum absolute atomic E-state index is 11.8. The SMILES string of the molecule is COc1ccc(Nc2ccccc2Cl)c(C)c1C(C)=O. The van der Waals surface area contributed by atoms with Crippen LogP contribution >= 0.6 is 11.6 Å². The Morgan fingerprint density at radius 3 is 2.45 bits per heavy atom. The molecule has 2 rings (SSSR count). The van der Waals surface area contributed by atoms with E-state index in [0.717, 1.165) is 16.9 Å². The second kappa shape index (κ2) is 5.97. The van der Waals surface area contributed by atoms with Gasteiger partial charge in [-0.15, -0.1) is 0 Å². The van der Waals surface area contributed by atoms with E-state index < -0.39 is 0 Å². The Labute approximate surface area is 123 Å². The molecule has 2 aromatic rings. The Morgan fingerprint density at radius 2 is 1.85 bits per heavy atom. The van der Waals surface area contributed by atoms with Crippen LogP contribution in [-0.2, 0) is 0 Å². The first kappa shape index (κ1) is 14.4. The average molecular weight is 290 g/mol. The van der Waals surface area contributed by atoms with Gasteiger partial charge in [-0.2, -0.15) is 0 Å². The summed E-state index contributed by atoms with van der Waals surface area (Å²) in [7, 11) is 1.56. The molecule has 20 heavy (non-hydrogen) atoms. The number of ketones is 1. The maximum atomic E-state index is 11.8. The Bertz CT molecular complexity index is 653. The van der Waals surface area contributed by atoms with E-state index in [1.165, 1.54) is 6.92 Å². The number of hydrogen-bond acceptors (Lipinski definition) is 3. The Kier molecular flexibility index (Phi) is 4.30. The third-order valence-electron chi connectivity index (χ3n) is 3.14. The molecule has 1 N–H and O–H groups in total. The summed E-state index contributed by atoms with van der Waals surface area (Å²) < 4.78 is 5.24. The monoisotopic (exact) mass is 289 g/mol. The number of anilines is 2. The van der Waals surface area contributed by atoms with Crippen molar-refractivity contribution < 1.29 is 9.53 Å². The van der Waals surface area contributed by atoms with Gasteiger partial charge >= 0.3 is 0 Å². The third-order valence-corrected chi connectivity index (χ3v) is 3.47. The number of hydrogen-bond donors (Lipinski definition) is 1. The molecule has 104 valence electrons. The molecule has 0 radical (unpaired) electrons. The van der Waals surface area contributed by atoms with Gasteiger partial charge in [0.25, 0.3) is 0 Å². The van der Waals surface area contributed by atoms with Gasteiger partial charge in [0.2, 0.25) is 0 Å². The zero-order valence-corrected chi connectivity index (χ0v) is 12.4. The molecule has 0 saturated heterocycles. The largest absolute Gasteiger partial charge is 0.496 e. The van der Waals surface area contributed by atoms with Crippen molar-refractivity contribution in [2.75, 3.05) is 12.4 Å². The lowest BCUT2D eigenvalue weighted by molar-refractivity contribution is 0.101. The van der Waals surface area contributed by atoms with Crippen LogP contribution in [0.3, 0.4) is 0 Å². The predicted octanol–water partition coefficient (Wildman–Crippen LogP) is 4.60. The molecular weight excluding hydrogens is 274 g/mol. The summed E-state index contributed by atoms with van der Waals surface area (Å²) in [5.41, 5.74) is 3.07. The van der Waals surface area contributed by atoms with Crippen LogP contribution in [0.1, 0.15) is 22.8 Å². The zero-order valence-electron chi connectivity index (χ0n) is 11.7. The van der Waals surface area contributed by atoms with Crippen LogP contribution in [0.15, 0.2) is 36.4 Å². The first-order valence-corrected chi connectivity index (χ1v) is 6.62. The van der Waals surface area contributed by atoms with Gasteiger partial charge < -0.3 is 10.1 Å². The minimum atomic E-state index is -0.0258. The second-order valence-corrected chi connectivity index (χ2v) is 4.88. The second-order valence-electron chi connectivity index (χ2n) is 4.48. The van der Waals surface area contributed by atoms with Crippen molar-refractivity contribution in [3.63, 3.8) is 0 Å². The summed E-state index contributed by atoms with van der Waals surface area (Å²) in [4.78, 5) is 11.8. The number of carbonyl (C=O) groups is 1. The number of para-hydroxylation sites is 1. The van der Waals surface area contributed by atoms with Gasteiger partial charge in [0.05, 0.1) is 23.4 Å². The fourth-order valence-electron chi connectivity index (χ4n) is 2.14. The van der Waals surface area contributed by atoms with Crippen molar-refractivity contribution in [1.82, 2.24) is 0 Å². The number of carbonyl (C=O) groups excluding carboxylic acids is 1.